The van der Waals surface area contributed by atoms with Crippen molar-refractivity contribution in [3.05, 3.63) is 17.7 Å². The first kappa shape index (κ1) is 18.5. The van der Waals surface area contributed by atoms with Crippen LogP contribution in [0, 0.1) is 0 Å². The summed E-state index contributed by atoms with van der Waals surface area (Å²) in [6.45, 7) is 1.90. The Bertz CT molecular complexity index is 822. The highest BCUT2D eigenvalue weighted by atomic mass is 16.6. The van der Waals surface area contributed by atoms with Gasteiger partial charge in [0.05, 0.1) is 25.8 Å². The van der Waals surface area contributed by atoms with Gasteiger partial charge in [-0.25, -0.2) is 4.99 Å². The van der Waals surface area contributed by atoms with Crippen LogP contribution < -0.4 is 20.5 Å². The number of amides is 2. The number of rotatable bonds is 7. The molecular weight excluding hydrogens is 356 g/mol. The predicted molar refractivity (Wildman–Crippen MR) is 93.5 cm³/mol. The molecule has 0 saturated carbocycles. The Morgan fingerprint density at radius 3 is 2.81 bits per heavy atom. The van der Waals surface area contributed by atoms with E-state index in [0.717, 1.165) is 5.56 Å². The van der Waals surface area contributed by atoms with Crippen LogP contribution in [0.2, 0.25) is 0 Å². The number of carbonyl (C=O) groups is 3. The molecule has 0 bridgehead atoms. The molecule has 1 aromatic carbocycles. The first-order valence-corrected chi connectivity index (χ1v) is 8.31. The van der Waals surface area contributed by atoms with E-state index < -0.39 is 11.9 Å². The van der Waals surface area contributed by atoms with Gasteiger partial charge in [-0.05, 0) is 12.1 Å². The van der Waals surface area contributed by atoms with E-state index in [0.29, 0.717) is 29.7 Å². The summed E-state index contributed by atoms with van der Waals surface area (Å²) in [4.78, 5) is 40.4. The van der Waals surface area contributed by atoms with Crippen LogP contribution in [0.3, 0.4) is 0 Å². The average Bonchev–Trinajstić information content (AvgIpc) is 2.90. The lowest BCUT2D eigenvalue weighted by Gasteiger charge is -2.28. The lowest BCUT2D eigenvalue weighted by atomic mass is 10.1. The molecule has 0 radical (unpaired) electrons. The minimum absolute atomic E-state index is 0.110. The number of aliphatic imine (C=N–C) groups is 1. The quantitative estimate of drug-likeness (QED) is 0.498. The Balaban J connectivity index is 1.83. The van der Waals surface area contributed by atoms with Crippen LogP contribution in [-0.2, 0) is 25.7 Å². The summed E-state index contributed by atoms with van der Waals surface area (Å²) >= 11 is 0. The Labute approximate surface area is 155 Å². The first-order chi connectivity index (χ1) is 12.9. The fourth-order valence-electron chi connectivity index (χ4n) is 3.04. The van der Waals surface area contributed by atoms with Crippen molar-refractivity contribution in [1.82, 2.24) is 10.2 Å². The van der Waals surface area contributed by atoms with Gasteiger partial charge in [0.15, 0.2) is 11.5 Å². The number of fused-ring (bicyclic) bond motifs is 2. The third-order valence-electron chi connectivity index (χ3n) is 4.19. The average molecular weight is 376 g/mol. The third kappa shape index (κ3) is 3.78. The zero-order chi connectivity index (χ0) is 19.6. The summed E-state index contributed by atoms with van der Waals surface area (Å²) in [5.41, 5.74) is 6.60. The van der Waals surface area contributed by atoms with E-state index in [1.54, 1.807) is 17.0 Å². The van der Waals surface area contributed by atoms with Crippen LogP contribution in [-0.4, -0.2) is 55.0 Å². The molecule has 2 aliphatic heterocycles. The maximum Gasteiger partial charge on any atom is 0.302 e. The van der Waals surface area contributed by atoms with E-state index >= 15 is 0 Å². The Morgan fingerprint density at radius 1 is 1.37 bits per heavy atom. The van der Waals surface area contributed by atoms with Gasteiger partial charge in [0, 0.05) is 12.5 Å². The van der Waals surface area contributed by atoms with E-state index in [2.05, 4.69) is 10.3 Å². The number of carbonyl (C=O) groups excluding carboxylic acids is 3. The van der Waals surface area contributed by atoms with Crippen molar-refractivity contribution < 1.29 is 28.6 Å². The van der Waals surface area contributed by atoms with Gasteiger partial charge in [-0.15, -0.1) is 0 Å². The van der Waals surface area contributed by atoms with Gasteiger partial charge in [-0.3, -0.25) is 19.7 Å². The Morgan fingerprint density at radius 2 is 2.15 bits per heavy atom. The van der Waals surface area contributed by atoms with Crippen LogP contribution >= 0.6 is 0 Å². The van der Waals surface area contributed by atoms with E-state index in [-0.39, 0.29) is 31.5 Å². The minimum Gasteiger partial charge on any atom is -0.492 e. The van der Waals surface area contributed by atoms with Gasteiger partial charge in [0.25, 0.3) is 0 Å². The van der Waals surface area contributed by atoms with Crippen molar-refractivity contribution in [1.29, 1.82) is 0 Å². The highest BCUT2D eigenvalue weighted by Crippen LogP contribution is 2.41. The highest BCUT2D eigenvalue weighted by Gasteiger charge is 2.40. The van der Waals surface area contributed by atoms with Gasteiger partial charge < -0.3 is 24.8 Å². The molecule has 2 heterocycles. The molecular formula is C17H20N4O6. The van der Waals surface area contributed by atoms with Crippen molar-refractivity contribution in [2.24, 2.45) is 10.7 Å². The second-order valence-electron chi connectivity index (χ2n) is 6.02. The molecule has 1 fully saturated rings. The fraction of sp³-hybridized carbons (Fsp3) is 0.412. The van der Waals surface area contributed by atoms with Crippen molar-refractivity contribution >= 4 is 29.4 Å². The lowest BCUT2D eigenvalue weighted by molar-refractivity contribution is -0.141. The molecule has 2 aliphatic rings. The summed E-state index contributed by atoms with van der Waals surface area (Å²) in [5, 5.41) is 2.67. The number of nitrogens with one attached hydrogen (secondary N) is 1. The summed E-state index contributed by atoms with van der Waals surface area (Å²) in [5.74, 6) is 0.0325. The normalized spacial score (nSPS) is 17.4. The number of nitrogens with zero attached hydrogens (tertiary/aromatic N) is 2. The largest absolute Gasteiger partial charge is 0.492 e. The van der Waals surface area contributed by atoms with Crippen LogP contribution in [0.1, 0.15) is 18.9 Å². The maximum absolute atomic E-state index is 12.1. The smallest absolute Gasteiger partial charge is 0.302 e. The lowest BCUT2D eigenvalue weighted by Crippen LogP contribution is -2.39. The van der Waals surface area contributed by atoms with E-state index in [1.807, 2.05) is 0 Å². The zero-order valence-electron chi connectivity index (χ0n) is 15.0. The molecule has 27 heavy (non-hydrogen) atoms. The number of guanidine groups is 1. The summed E-state index contributed by atoms with van der Waals surface area (Å²) < 4.78 is 16.0. The van der Waals surface area contributed by atoms with Crippen molar-refractivity contribution in [3.8, 4) is 11.5 Å². The van der Waals surface area contributed by atoms with Gasteiger partial charge in [0.1, 0.15) is 19.3 Å². The van der Waals surface area contributed by atoms with Crippen LogP contribution in [0.4, 0.5) is 5.69 Å². The van der Waals surface area contributed by atoms with Crippen molar-refractivity contribution in [3.63, 3.8) is 0 Å². The standard InChI is InChI=1S/C17H20N4O6/c1-9(22)26-5-6-27-13-4-3-11-10(15(13)25-2)8-21-12(7-14(18)23)16(24)20-17(21)19-11/h3-4,12H,5-8H2,1-2H3,(H2,18,23)(H,19,20,24). The molecule has 10 nitrogen and oxygen atoms in total. The molecule has 0 aromatic heterocycles. The van der Waals surface area contributed by atoms with E-state index in [9.17, 15) is 14.4 Å². The van der Waals surface area contributed by atoms with Crippen LogP contribution in [0.15, 0.2) is 17.1 Å². The second kappa shape index (κ2) is 7.52. The number of benzene rings is 1. The molecule has 1 atom stereocenters. The minimum atomic E-state index is -0.715. The van der Waals surface area contributed by atoms with Crippen LogP contribution in [0.25, 0.3) is 0 Å². The second-order valence-corrected chi connectivity index (χ2v) is 6.02. The summed E-state index contributed by atoms with van der Waals surface area (Å²) in [6, 6.07) is 2.73. The molecule has 144 valence electrons. The molecule has 0 spiro atoms. The Hall–Kier alpha value is -3.30. The number of hydrogen-bond donors (Lipinski definition) is 2. The summed E-state index contributed by atoms with van der Waals surface area (Å²) in [6.07, 6.45) is -0.110. The molecule has 3 rings (SSSR count). The SMILES string of the molecule is COc1c(OCCOC(C)=O)ccc2c1CN1C(=N2)NC(=O)C1CC(N)=O. The monoisotopic (exact) mass is 376 g/mol. The van der Waals surface area contributed by atoms with Gasteiger partial charge in [-0.1, -0.05) is 0 Å². The molecule has 3 N–H and O–H groups in total. The number of ether oxygens (including phenoxy) is 3. The van der Waals surface area contributed by atoms with Gasteiger partial charge in [0.2, 0.25) is 17.8 Å². The third-order valence-corrected chi connectivity index (χ3v) is 4.19. The molecule has 2 amide bonds. The number of hydrogen-bond acceptors (Lipinski definition) is 8. The topological polar surface area (TPSA) is 133 Å². The molecule has 10 heteroatoms. The van der Waals surface area contributed by atoms with E-state index in [4.69, 9.17) is 19.9 Å². The van der Waals surface area contributed by atoms with E-state index in [1.165, 1.54) is 14.0 Å². The van der Waals surface area contributed by atoms with Crippen LogP contribution in [0.5, 0.6) is 11.5 Å². The van der Waals surface area contributed by atoms with Crippen molar-refractivity contribution in [2.75, 3.05) is 20.3 Å². The predicted octanol–water partition coefficient (Wildman–Crippen LogP) is -0.186. The maximum atomic E-state index is 12.1. The molecule has 1 aromatic rings. The zero-order valence-corrected chi connectivity index (χ0v) is 15.0. The number of methoxy groups -OCH3 is 1. The molecule has 0 aliphatic carbocycles. The summed E-state index contributed by atoms with van der Waals surface area (Å²) in [7, 11) is 1.50. The van der Waals surface area contributed by atoms with Gasteiger partial charge in [-0.2, -0.15) is 0 Å². The fourth-order valence-corrected chi connectivity index (χ4v) is 3.04. The Kier molecular flexibility index (Phi) is 5.15. The number of nitrogens with two attached hydrogens (primary N) is 1. The number of esters is 1. The molecule has 1 saturated heterocycles. The van der Waals surface area contributed by atoms with Crippen molar-refractivity contribution in [2.45, 2.75) is 25.9 Å². The number of primary amides is 1. The highest BCUT2D eigenvalue weighted by molar-refractivity contribution is 6.09. The van der Waals surface area contributed by atoms with Gasteiger partial charge >= 0.3 is 5.97 Å². The first-order valence-electron chi connectivity index (χ1n) is 8.31. The molecule has 1 unspecified atom stereocenters.